The van der Waals surface area contributed by atoms with Gasteiger partial charge in [0.15, 0.2) is 0 Å². The van der Waals surface area contributed by atoms with Crippen molar-refractivity contribution in [2.24, 2.45) is 0 Å². The van der Waals surface area contributed by atoms with Crippen molar-refractivity contribution in [1.29, 1.82) is 0 Å². The number of aromatic nitrogens is 3. The molecule has 3 aromatic carbocycles. The van der Waals surface area contributed by atoms with Crippen LogP contribution in [0.1, 0.15) is 57.5 Å². The Labute approximate surface area is 376 Å². The van der Waals surface area contributed by atoms with Gasteiger partial charge in [-0.2, -0.15) is 0 Å². The molecular weight excluding hydrogens is 815 g/mol. The molecule has 0 spiro atoms. The maximum Gasteiger partial charge on any atom is 0.134 e. The molecule has 3 aromatic heterocycles. The Morgan fingerprint density at radius 2 is 1.09 bits per heavy atom. The van der Waals surface area contributed by atoms with Crippen LogP contribution in [0.25, 0.3) is 22.3 Å². The lowest BCUT2D eigenvalue weighted by Gasteiger charge is -2.36. The second-order valence-electron chi connectivity index (χ2n) is 16.4. The zero-order valence-electron chi connectivity index (χ0n) is 38.3. The Bertz CT molecular complexity index is 2360. The van der Waals surface area contributed by atoms with Gasteiger partial charge in [0.05, 0.1) is 64.2 Å². The number of rotatable bonds is 25. The van der Waals surface area contributed by atoms with Crippen LogP contribution in [-0.2, 0) is 38.5 Å². The second-order valence-corrected chi connectivity index (χ2v) is 16.4. The highest BCUT2D eigenvalue weighted by Crippen LogP contribution is 2.42. The molecule has 7 rings (SSSR count). The predicted octanol–water partition coefficient (Wildman–Crippen LogP) is 8.81. The summed E-state index contributed by atoms with van der Waals surface area (Å²) in [7, 11) is 0. The molecule has 0 atom stereocenters. The number of anilines is 1. The molecule has 0 aliphatic carbocycles. The number of hydrogen-bond donors (Lipinski definition) is 0. The number of piperazine rings is 1. The summed E-state index contributed by atoms with van der Waals surface area (Å²) in [6, 6.07) is 23.3. The van der Waals surface area contributed by atoms with E-state index in [1.807, 2.05) is 39.0 Å². The molecule has 0 N–H and O–H groups in total. The molecule has 1 saturated heterocycles. The predicted molar refractivity (Wildman–Crippen MR) is 244 cm³/mol. The first kappa shape index (κ1) is 46.5. The molecule has 0 amide bonds. The highest BCUT2D eigenvalue weighted by molar-refractivity contribution is 5.83. The van der Waals surface area contributed by atoms with Gasteiger partial charge < -0.3 is 46.9 Å². The third-order valence-electron chi connectivity index (χ3n) is 11.1. The van der Waals surface area contributed by atoms with E-state index in [1.165, 1.54) is 11.3 Å². The van der Waals surface area contributed by atoms with Gasteiger partial charge in [0.25, 0.3) is 0 Å². The molecule has 1 aliphatic heterocycles. The Balaban J connectivity index is 1.01. The maximum absolute atomic E-state index is 6.66. The van der Waals surface area contributed by atoms with Gasteiger partial charge in [0.1, 0.15) is 41.1 Å². The van der Waals surface area contributed by atoms with Crippen LogP contribution in [0, 0.1) is 41.5 Å². The largest absolute Gasteiger partial charge is 0.493 e. The van der Waals surface area contributed by atoms with Crippen molar-refractivity contribution in [3.05, 3.63) is 118 Å². The van der Waals surface area contributed by atoms with Crippen LogP contribution in [0.4, 0.5) is 5.69 Å². The second kappa shape index (κ2) is 23.4. The minimum atomic E-state index is 0.377. The normalized spacial score (nSPS) is 13.2. The summed E-state index contributed by atoms with van der Waals surface area (Å²) in [6.07, 6.45) is 1.43. The molecule has 342 valence electrons. The SMILES string of the molecule is Cc1ccc(OCCCOCCOCc2cc(C)on2)c(-c2cc(OCCOCCOCCc3cc(C)on3)c(-c3cc(N4CCN(Cc5cc(C)on5)CC4)ccc3C)cc2C)c1. The molecular formula is C50H63N5O9. The molecule has 14 heteroatoms. The summed E-state index contributed by atoms with van der Waals surface area (Å²) in [4.78, 5) is 4.90. The fraction of sp³-hybridized carbons (Fsp3) is 0.460. The van der Waals surface area contributed by atoms with E-state index in [4.69, 9.17) is 42.0 Å². The average molecular weight is 878 g/mol. The Morgan fingerprint density at radius 3 is 1.81 bits per heavy atom. The van der Waals surface area contributed by atoms with Crippen molar-refractivity contribution in [3.8, 4) is 33.8 Å². The van der Waals surface area contributed by atoms with Gasteiger partial charge in [0.2, 0.25) is 0 Å². The topological polar surface area (TPSA) is 140 Å². The number of ether oxygens (including phenoxy) is 6. The van der Waals surface area contributed by atoms with E-state index < -0.39 is 0 Å². The van der Waals surface area contributed by atoms with E-state index in [2.05, 4.69) is 94.6 Å². The Hall–Kier alpha value is -5.51. The molecule has 0 radical (unpaired) electrons. The lowest BCUT2D eigenvalue weighted by molar-refractivity contribution is 0.0351. The summed E-state index contributed by atoms with van der Waals surface area (Å²) in [5.74, 6) is 4.02. The van der Waals surface area contributed by atoms with Gasteiger partial charge >= 0.3 is 0 Å². The van der Waals surface area contributed by atoms with Gasteiger partial charge in [-0.1, -0.05) is 33.2 Å². The highest BCUT2D eigenvalue weighted by Gasteiger charge is 2.22. The van der Waals surface area contributed by atoms with Crippen molar-refractivity contribution in [2.45, 2.75) is 67.5 Å². The van der Waals surface area contributed by atoms with Crippen molar-refractivity contribution >= 4 is 5.69 Å². The first-order valence-electron chi connectivity index (χ1n) is 22.4. The first-order chi connectivity index (χ1) is 31.2. The third kappa shape index (κ3) is 13.5. The molecule has 4 heterocycles. The van der Waals surface area contributed by atoms with Gasteiger partial charge in [0, 0.05) is 87.2 Å². The third-order valence-corrected chi connectivity index (χ3v) is 11.1. The number of hydrogen-bond acceptors (Lipinski definition) is 14. The summed E-state index contributed by atoms with van der Waals surface area (Å²) in [5.41, 5.74) is 11.5. The molecule has 0 saturated carbocycles. The quantitative estimate of drug-likeness (QED) is 0.0506. The summed E-state index contributed by atoms with van der Waals surface area (Å²) in [5, 5.41) is 12.2. The van der Waals surface area contributed by atoms with E-state index in [-0.39, 0.29) is 0 Å². The number of aryl methyl sites for hydroxylation is 6. The smallest absolute Gasteiger partial charge is 0.134 e. The number of nitrogens with zero attached hydrogens (tertiary/aromatic N) is 5. The molecule has 64 heavy (non-hydrogen) atoms. The summed E-state index contributed by atoms with van der Waals surface area (Å²) < 4.78 is 51.9. The van der Waals surface area contributed by atoms with E-state index >= 15 is 0 Å². The fourth-order valence-electron chi connectivity index (χ4n) is 7.74. The standard InChI is InChI=1S/C50H63N5O9/c1-35-8-11-49(60-18-7-17-56-22-23-59-34-43-30-40(6)64-53-43)47(26-35)46-32-50(61-25-24-58-21-20-57-19-12-41-28-38(4)62-51-41)48(27-37(46)3)45-31-44(10-9-36(45)2)55-15-13-54(14-16-55)33-42-29-39(5)63-52-42/h8-11,26-32H,7,12-25,33-34H2,1-6H3. The average Bonchev–Trinajstić information content (AvgIpc) is 4.03. The lowest BCUT2D eigenvalue weighted by Crippen LogP contribution is -2.46. The lowest BCUT2D eigenvalue weighted by atomic mass is 9.91. The first-order valence-corrected chi connectivity index (χ1v) is 22.4. The van der Waals surface area contributed by atoms with Crippen LogP contribution in [0.5, 0.6) is 11.5 Å². The van der Waals surface area contributed by atoms with Crippen LogP contribution < -0.4 is 14.4 Å². The monoisotopic (exact) mass is 877 g/mol. The molecule has 1 fully saturated rings. The van der Waals surface area contributed by atoms with Crippen LogP contribution in [-0.4, -0.2) is 106 Å². The molecule has 0 bridgehead atoms. The minimum absolute atomic E-state index is 0.377. The van der Waals surface area contributed by atoms with E-state index in [0.717, 1.165) is 118 Å². The molecule has 14 nitrogen and oxygen atoms in total. The number of benzene rings is 3. The fourth-order valence-corrected chi connectivity index (χ4v) is 7.74. The molecule has 6 aromatic rings. The minimum Gasteiger partial charge on any atom is -0.493 e. The van der Waals surface area contributed by atoms with Crippen molar-refractivity contribution in [3.63, 3.8) is 0 Å². The zero-order chi connectivity index (χ0) is 44.7. The Kier molecular flexibility index (Phi) is 17.0. The van der Waals surface area contributed by atoms with E-state index in [9.17, 15) is 0 Å². The Morgan fingerprint density at radius 1 is 0.484 bits per heavy atom. The summed E-state index contributed by atoms with van der Waals surface area (Å²) in [6.45, 7) is 21.4. The van der Waals surface area contributed by atoms with Crippen LogP contribution in [0.2, 0.25) is 0 Å². The van der Waals surface area contributed by atoms with Crippen molar-refractivity contribution in [1.82, 2.24) is 20.4 Å². The molecule has 1 aliphatic rings. The zero-order valence-corrected chi connectivity index (χ0v) is 38.3. The maximum atomic E-state index is 6.66. The van der Waals surface area contributed by atoms with Crippen molar-refractivity contribution in [2.75, 3.05) is 90.5 Å². The van der Waals surface area contributed by atoms with Crippen LogP contribution in [0.3, 0.4) is 0 Å². The van der Waals surface area contributed by atoms with Gasteiger partial charge in [-0.15, -0.1) is 0 Å². The summed E-state index contributed by atoms with van der Waals surface area (Å²) >= 11 is 0. The van der Waals surface area contributed by atoms with Crippen LogP contribution >= 0.6 is 0 Å². The van der Waals surface area contributed by atoms with Crippen LogP contribution in [0.15, 0.2) is 80.3 Å². The van der Waals surface area contributed by atoms with Gasteiger partial charge in [-0.25, -0.2) is 0 Å². The molecule has 0 unspecified atom stereocenters. The van der Waals surface area contributed by atoms with Gasteiger partial charge in [-0.05, 0) is 100 Å². The van der Waals surface area contributed by atoms with Gasteiger partial charge in [-0.3, -0.25) is 4.90 Å². The highest BCUT2D eigenvalue weighted by atomic mass is 16.5. The van der Waals surface area contributed by atoms with E-state index in [0.29, 0.717) is 72.5 Å². The van der Waals surface area contributed by atoms with Crippen molar-refractivity contribution < 1.29 is 42.0 Å². The van der Waals surface area contributed by atoms with E-state index in [1.54, 1.807) is 0 Å².